The molecule has 0 bridgehead atoms. The van der Waals surface area contributed by atoms with Crippen LogP contribution in [0.2, 0.25) is 0 Å². The molecule has 0 N–H and O–H groups in total. The Kier molecular flexibility index (Phi) is 4.32. The van der Waals surface area contributed by atoms with Crippen LogP contribution in [0.3, 0.4) is 0 Å². The highest BCUT2D eigenvalue weighted by atomic mass is 79.9. The summed E-state index contributed by atoms with van der Waals surface area (Å²) in [6, 6.07) is 15.9. The smallest absolute Gasteiger partial charge is 0.147 e. The normalized spacial score (nSPS) is 9.78. The van der Waals surface area contributed by atoms with E-state index in [-0.39, 0.29) is 0 Å². The second-order valence-corrected chi connectivity index (χ2v) is 4.56. The third-order valence-corrected chi connectivity index (χ3v) is 3.13. The number of nitrogens with zero attached hydrogens (tertiary/aromatic N) is 3. The minimum absolute atomic E-state index is 0.456. The molecular weight excluding hydrogens is 290 g/mol. The first-order valence-corrected chi connectivity index (χ1v) is 6.42. The van der Waals surface area contributed by atoms with Gasteiger partial charge in [0, 0.05) is 18.4 Å². The first-order chi connectivity index (χ1) is 8.83. The Bertz CT molecular complexity index is 548. The Balaban J connectivity index is 2.38. The van der Waals surface area contributed by atoms with Crippen LogP contribution in [-0.4, -0.2) is 11.5 Å². The van der Waals surface area contributed by atoms with Crippen molar-refractivity contribution in [3.05, 3.63) is 53.1 Å². The van der Waals surface area contributed by atoms with E-state index in [2.05, 4.69) is 27.0 Å². The molecule has 0 radical (unpaired) electrons. The maximum atomic E-state index is 8.77. The van der Waals surface area contributed by atoms with Crippen LogP contribution in [0, 0.1) is 11.3 Å². The molecule has 18 heavy (non-hydrogen) atoms. The minimum atomic E-state index is 0.456. The lowest BCUT2D eigenvalue weighted by molar-refractivity contribution is 0.923. The van der Waals surface area contributed by atoms with Gasteiger partial charge < -0.3 is 4.90 Å². The van der Waals surface area contributed by atoms with Crippen LogP contribution in [0.25, 0.3) is 0 Å². The molecule has 0 spiro atoms. The summed E-state index contributed by atoms with van der Waals surface area (Å²) in [6.45, 7) is 0.621. The maximum absolute atomic E-state index is 8.77. The van der Waals surface area contributed by atoms with Crippen LogP contribution in [0.1, 0.15) is 6.42 Å². The fourth-order valence-corrected chi connectivity index (χ4v) is 2.17. The minimum Gasteiger partial charge on any atom is -0.324 e. The van der Waals surface area contributed by atoms with Crippen molar-refractivity contribution in [2.45, 2.75) is 6.42 Å². The zero-order valence-electron chi connectivity index (χ0n) is 9.75. The molecular formula is C14H12BrN3. The van der Waals surface area contributed by atoms with E-state index in [1.54, 1.807) is 6.20 Å². The van der Waals surface area contributed by atoms with Crippen molar-refractivity contribution in [3.8, 4) is 6.07 Å². The SMILES string of the molecule is N#CCCN(c1ccccc1)c1ncccc1Br. The fraction of sp³-hybridized carbons (Fsp3) is 0.143. The molecule has 0 saturated carbocycles. The van der Waals surface area contributed by atoms with Crippen molar-refractivity contribution >= 4 is 27.4 Å². The van der Waals surface area contributed by atoms with E-state index in [1.165, 1.54) is 0 Å². The van der Waals surface area contributed by atoms with Crippen LogP contribution in [0.15, 0.2) is 53.1 Å². The number of anilines is 2. The van der Waals surface area contributed by atoms with E-state index in [4.69, 9.17) is 5.26 Å². The lowest BCUT2D eigenvalue weighted by Crippen LogP contribution is -2.19. The van der Waals surface area contributed by atoms with E-state index < -0.39 is 0 Å². The Morgan fingerprint density at radius 3 is 2.61 bits per heavy atom. The number of halogens is 1. The van der Waals surface area contributed by atoms with Gasteiger partial charge in [0.1, 0.15) is 5.82 Å². The first-order valence-electron chi connectivity index (χ1n) is 5.63. The zero-order valence-corrected chi connectivity index (χ0v) is 11.3. The Hall–Kier alpha value is -1.86. The van der Waals surface area contributed by atoms with E-state index in [1.807, 2.05) is 47.4 Å². The number of rotatable bonds is 4. The summed E-state index contributed by atoms with van der Waals surface area (Å²) >= 11 is 3.50. The van der Waals surface area contributed by atoms with Gasteiger partial charge in [-0.25, -0.2) is 4.98 Å². The number of para-hydroxylation sites is 1. The Labute approximate surface area is 115 Å². The second kappa shape index (κ2) is 6.18. The van der Waals surface area contributed by atoms with E-state index in [9.17, 15) is 0 Å². The summed E-state index contributed by atoms with van der Waals surface area (Å²) in [5.41, 5.74) is 1.03. The molecule has 1 heterocycles. The predicted molar refractivity (Wildman–Crippen MR) is 75.6 cm³/mol. The highest BCUT2D eigenvalue weighted by molar-refractivity contribution is 9.10. The predicted octanol–water partition coefficient (Wildman–Crippen LogP) is 3.90. The zero-order chi connectivity index (χ0) is 12.8. The number of aromatic nitrogens is 1. The largest absolute Gasteiger partial charge is 0.324 e. The number of nitriles is 1. The lowest BCUT2D eigenvalue weighted by Gasteiger charge is -2.23. The molecule has 0 aliphatic rings. The first kappa shape index (κ1) is 12.6. The van der Waals surface area contributed by atoms with Crippen molar-refractivity contribution < 1.29 is 0 Å². The summed E-state index contributed by atoms with van der Waals surface area (Å²) in [4.78, 5) is 6.41. The lowest BCUT2D eigenvalue weighted by atomic mass is 10.2. The van der Waals surface area contributed by atoms with Crippen LogP contribution in [0.5, 0.6) is 0 Å². The van der Waals surface area contributed by atoms with Gasteiger partial charge in [-0.15, -0.1) is 0 Å². The monoisotopic (exact) mass is 301 g/mol. The van der Waals surface area contributed by atoms with Gasteiger partial charge in [0.15, 0.2) is 0 Å². The number of benzene rings is 1. The van der Waals surface area contributed by atoms with E-state index in [0.717, 1.165) is 16.0 Å². The molecule has 3 nitrogen and oxygen atoms in total. The molecule has 0 atom stereocenters. The molecule has 2 aromatic rings. The average Bonchev–Trinajstić information content (AvgIpc) is 2.42. The summed E-state index contributed by atoms with van der Waals surface area (Å²) in [5.74, 6) is 0.832. The third-order valence-electron chi connectivity index (χ3n) is 2.51. The Morgan fingerprint density at radius 2 is 1.94 bits per heavy atom. The van der Waals surface area contributed by atoms with Gasteiger partial charge in [-0.3, -0.25) is 0 Å². The summed E-state index contributed by atoms with van der Waals surface area (Å²) < 4.78 is 0.923. The number of hydrogen-bond donors (Lipinski definition) is 0. The molecule has 4 heteroatoms. The van der Waals surface area contributed by atoms with Crippen molar-refractivity contribution in [1.82, 2.24) is 4.98 Å². The standard InChI is InChI=1S/C14H12BrN3/c15-13-8-4-10-17-14(13)18(11-5-9-16)12-6-2-1-3-7-12/h1-4,6-8,10H,5,11H2. The van der Waals surface area contributed by atoms with Crippen molar-refractivity contribution in [2.75, 3.05) is 11.4 Å². The van der Waals surface area contributed by atoms with Crippen LogP contribution < -0.4 is 4.90 Å². The fourth-order valence-electron chi connectivity index (χ4n) is 1.70. The molecule has 0 unspecified atom stereocenters. The maximum Gasteiger partial charge on any atom is 0.147 e. The second-order valence-electron chi connectivity index (χ2n) is 3.70. The highest BCUT2D eigenvalue weighted by Gasteiger charge is 2.12. The molecule has 0 fully saturated rings. The molecule has 2 rings (SSSR count). The summed E-state index contributed by atoms with van der Waals surface area (Å²) in [7, 11) is 0. The van der Waals surface area contributed by atoms with E-state index >= 15 is 0 Å². The van der Waals surface area contributed by atoms with Crippen molar-refractivity contribution in [3.63, 3.8) is 0 Å². The van der Waals surface area contributed by atoms with Crippen molar-refractivity contribution in [1.29, 1.82) is 5.26 Å². The van der Waals surface area contributed by atoms with Crippen LogP contribution in [-0.2, 0) is 0 Å². The summed E-state index contributed by atoms with van der Waals surface area (Å²) in [5, 5.41) is 8.77. The topological polar surface area (TPSA) is 39.9 Å². The van der Waals surface area contributed by atoms with Gasteiger partial charge in [-0.2, -0.15) is 5.26 Å². The Morgan fingerprint density at radius 1 is 1.17 bits per heavy atom. The highest BCUT2D eigenvalue weighted by Crippen LogP contribution is 2.29. The third kappa shape index (κ3) is 2.88. The molecule has 0 aliphatic carbocycles. The van der Waals surface area contributed by atoms with Gasteiger partial charge in [-0.1, -0.05) is 18.2 Å². The number of hydrogen-bond acceptors (Lipinski definition) is 3. The molecule has 1 aromatic carbocycles. The van der Waals surface area contributed by atoms with Crippen LogP contribution >= 0.6 is 15.9 Å². The molecule has 0 saturated heterocycles. The molecule has 90 valence electrons. The van der Waals surface area contributed by atoms with Gasteiger partial charge in [0.25, 0.3) is 0 Å². The van der Waals surface area contributed by atoms with Gasteiger partial charge >= 0.3 is 0 Å². The van der Waals surface area contributed by atoms with Gasteiger partial charge in [-0.05, 0) is 40.2 Å². The molecule has 0 amide bonds. The number of pyridine rings is 1. The van der Waals surface area contributed by atoms with Gasteiger partial charge in [0.05, 0.1) is 17.0 Å². The summed E-state index contributed by atoms with van der Waals surface area (Å²) in [6.07, 6.45) is 2.21. The molecule has 1 aromatic heterocycles. The van der Waals surface area contributed by atoms with Crippen LogP contribution in [0.4, 0.5) is 11.5 Å². The average molecular weight is 302 g/mol. The quantitative estimate of drug-likeness (QED) is 0.860. The van der Waals surface area contributed by atoms with Gasteiger partial charge in [0.2, 0.25) is 0 Å². The molecule has 0 aliphatic heterocycles. The van der Waals surface area contributed by atoms with E-state index in [0.29, 0.717) is 13.0 Å². The van der Waals surface area contributed by atoms with Crippen molar-refractivity contribution in [2.24, 2.45) is 0 Å².